The predicted molar refractivity (Wildman–Crippen MR) is 123 cm³/mol. The van der Waals surface area contributed by atoms with Gasteiger partial charge < -0.3 is 0 Å². The van der Waals surface area contributed by atoms with Crippen molar-refractivity contribution in [1.82, 2.24) is 4.98 Å². The lowest BCUT2D eigenvalue weighted by molar-refractivity contribution is 0.334. The zero-order valence-corrected chi connectivity index (χ0v) is 18.2. The largest absolute Gasteiger partial charge is 0.255 e. The molecule has 0 saturated carbocycles. The summed E-state index contributed by atoms with van der Waals surface area (Å²) >= 11 is 1.95. The molecule has 0 spiro atoms. The Kier molecular flexibility index (Phi) is 3.77. The summed E-state index contributed by atoms with van der Waals surface area (Å²) in [7, 11) is 0. The van der Waals surface area contributed by atoms with Crippen LogP contribution in [-0.4, -0.2) is 4.98 Å². The molecule has 0 bridgehead atoms. The van der Waals surface area contributed by atoms with Gasteiger partial charge in [-0.2, -0.15) is 0 Å². The van der Waals surface area contributed by atoms with Gasteiger partial charge in [-0.15, -0.1) is 11.3 Å². The van der Waals surface area contributed by atoms with E-state index in [2.05, 4.69) is 77.1 Å². The fourth-order valence-corrected chi connectivity index (χ4v) is 6.58. The first-order valence-corrected chi connectivity index (χ1v) is 11.0. The molecule has 4 aromatic rings. The van der Waals surface area contributed by atoms with Crippen LogP contribution >= 0.6 is 11.3 Å². The molecule has 2 heterocycles. The molecular formula is C26H27NS. The second kappa shape index (κ2) is 5.90. The van der Waals surface area contributed by atoms with Gasteiger partial charge in [0, 0.05) is 27.2 Å². The van der Waals surface area contributed by atoms with Crippen LogP contribution in [0.3, 0.4) is 0 Å². The monoisotopic (exact) mass is 385 g/mol. The lowest BCUT2D eigenvalue weighted by Crippen LogP contribution is -2.34. The average molecular weight is 386 g/mol. The lowest BCUT2D eigenvalue weighted by Gasteiger charge is -2.42. The highest BCUT2D eigenvalue weighted by molar-refractivity contribution is 7.26. The maximum absolute atomic E-state index is 4.79. The molecule has 28 heavy (non-hydrogen) atoms. The predicted octanol–water partition coefficient (Wildman–Crippen LogP) is 7.77. The van der Waals surface area contributed by atoms with Gasteiger partial charge in [0.25, 0.3) is 0 Å². The van der Waals surface area contributed by atoms with Crippen molar-refractivity contribution >= 4 is 31.5 Å². The molecule has 0 amide bonds. The summed E-state index contributed by atoms with van der Waals surface area (Å²) in [6.07, 6.45) is 4.47. The molecule has 2 aromatic heterocycles. The Labute approximate surface area is 171 Å². The van der Waals surface area contributed by atoms with Crippen molar-refractivity contribution in [2.45, 2.75) is 58.3 Å². The van der Waals surface area contributed by atoms with Crippen LogP contribution in [-0.2, 0) is 10.8 Å². The van der Waals surface area contributed by atoms with E-state index in [-0.39, 0.29) is 10.8 Å². The third kappa shape index (κ3) is 2.47. The number of fused-ring (bicyclic) bond motifs is 5. The van der Waals surface area contributed by atoms with E-state index >= 15 is 0 Å². The van der Waals surface area contributed by atoms with Crippen molar-refractivity contribution in [1.29, 1.82) is 0 Å². The highest BCUT2D eigenvalue weighted by Crippen LogP contribution is 2.52. The maximum atomic E-state index is 4.79. The minimum Gasteiger partial charge on any atom is -0.255 e. The first kappa shape index (κ1) is 17.9. The normalized spacial score (nSPS) is 17.8. The number of thiophene rings is 1. The SMILES string of the molecule is Cc1cc2c(c3sc4c(-c5ccccc5)nccc4c13)C(C)(C)CCC2(C)C. The van der Waals surface area contributed by atoms with Gasteiger partial charge in [-0.1, -0.05) is 64.1 Å². The quantitative estimate of drug-likeness (QED) is 0.326. The van der Waals surface area contributed by atoms with Gasteiger partial charge in [0.05, 0.1) is 10.4 Å². The molecule has 0 aliphatic heterocycles. The fourth-order valence-electron chi connectivity index (χ4n) is 4.97. The minimum absolute atomic E-state index is 0.206. The second-order valence-electron chi connectivity index (χ2n) is 9.59. The van der Waals surface area contributed by atoms with Crippen LogP contribution in [0.25, 0.3) is 31.4 Å². The third-order valence-electron chi connectivity index (χ3n) is 6.68. The number of hydrogen-bond acceptors (Lipinski definition) is 2. The standard InChI is InChI=1S/C26H27NS/c1-16-15-19-21(26(4,5)13-12-25(19,2)3)24-20(16)18-11-14-27-22(23(18)28-24)17-9-7-6-8-10-17/h6-11,14-15H,12-13H2,1-5H3. The zero-order chi connectivity index (χ0) is 19.7. The number of rotatable bonds is 1. The van der Waals surface area contributed by atoms with Crippen LogP contribution in [0.2, 0.25) is 0 Å². The number of pyridine rings is 1. The summed E-state index contributed by atoms with van der Waals surface area (Å²) in [4.78, 5) is 4.79. The van der Waals surface area contributed by atoms with Gasteiger partial charge in [0.2, 0.25) is 0 Å². The molecule has 142 valence electrons. The molecule has 2 aromatic carbocycles. The molecule has 1 nitrogen and oxygen atoms in total. The summed E-state index contributed by atoms with van der Waals surface area (Å²) in [6.45, 7) is 12.0. The molecule has 0 atom stereocenters. The topological polar surface area (TPSA) is 12.9 Å². The lowest BCUT2D eigenvalue weighted by atomic mass is 9.62. The van der Waals surface area contributed by atoms with Crippen LogP contribution in [0, 0.1) is 6.92 Å². The summed E-state index contributed by atoms with van der Waals surface area (Å²) in [5, 5.41) is 2.79. The molecule has 0 saturated heterocycles. The van der Waals surface area contributed by atoms with Crippen LogP contribution < -0.4 is 0 Å². The van der Waals surface area contributed by atoms with Crippen LogP contribution in [0.15, 0.2) is 48.7 Å². The Balaban J connectivity index is 1.94. The smallest absolute Gasteiger partial charge is 0.0880 e. The number of aromatic nitrogens is 1. The Morgan fingerprint density at radius 1 is 0.893 bits per heavy atom. The van der Waals surface area contributed by atoms with Crippen molar-refractivity contribution in [3.05, 3.63) is 65.4 Å². The summed E-state index contributed by atoms with van der Waals surface area (Å²) in [6, 6.07) is 15.3. The van der Waals surface area contributed by atoms with Gasteiger partial charge in [-0.3, -0.25) is 4.98 Å². The van der Waals surface area contributed by atoms with Gasteiger partial charge in [-0.05, 0) is 53.4 Å². The fraction of sp³-hybridized carbons (Fsp3) is 0.346. The average Bonchev–Trinajstić information content (AvgIpc) is 3.06. The Morgan fingerprint density at radius 2 is 1.61 bits per heavy atom. The van der Waals surface area contributed by atoms with Gasteiger partial charge in [-0.25, -0.2) is 0 Å². The maximum Gasteiger partial charge on any atom is 0.0880 e. The van der Waals surface area contributed by atoms with Crippen molar-refractivity contribution in [2.75, 3.05) is 0 Å². The zero-order valence-electron chi connectivity index (χ0n) is 17.4. The summed E-state index contributed by atoms with van der Waals surface area (Å²) in [5.41, 5.74) is 7.28. The van der Waals surface area contributed by atoms with Crippen LogP contribution in [0.4, 0.5) is 0 Å². The van der Waals surface area contributed by atoms with Crippen molar-refractivity contribution in [2.24, 2.45) is 0 Å². The minimum atomic E-state index is 0.206. The molecule has 0 unspecified atom stereocenters. The summed E-state index contributed by atoms with van der Waals surface area (Å²) in [5.74, 6) is 0. The first-order chi connectivity index (χ1) is 13.3. The van der Waals surface area contributed by atoms with Gasteiger partial charge in [0.15, 0.2) is 0 Å². The van der Waals surface area contributed by atoms with E-state index in [1.54, 1.807) is 11.1 Å². The highest BCUT2D eigenvalue weighted by Gasteiger charge is 2.39. The molecular weight excluding hydrogens is 358 g/mol. The molecule has 0 fully saturated rings. The van der Waals surface area contributed by atoms with E-state index in [0.29, 0.717) is 0 Å². The Bertz CT molecular complexity index is 1210. The van der Waals surface area contributed by atoms with E-state index in [1.165, 1.54) is 44.1 Å². The number of benzene rings is 2. The van der Waals surface area contributed by atoms with E-state index in [0.717, 1.165) is 5.69 Å². The van der Waals surface area contributed by atoms with Gasteiger partial charge >= 0.3 is 0 Å². The molecule has 0 N–H and O–H groups in total. The molecule has 0 radical (unpaired) electrons. The molecule has 1 aliphatic carbocycles. The summed E-state index contributed by atoms with van der Waals surface area (Å²) < 4.78 is 2.80. The Hall–Kier alpha value is -2.19. The van der Waals surface area contributed by atoms with Gasteiger partial charge in [0.1, 0.15) is 0 Å². The van der Waals surface area contributed by atoms with E-state index < -0.39 is 0 Å². The molecule has 5 rings (SSSR count). The third-order valence-corrected chi connectivity index (χ3v) is 7.91. The molecule has 1 aliphatic rings. The van der Waals surface area contributed by atoms with Crippen molar-refractivity contribution in [3.8, 4) is 11.3 Å². The molecule has 2 heteroatoms. The van der Waals surface area contributed by atoms with Crippen LogP contribution in [0.1, 0.15) is 57.2 Å². The number of aryl methyl sites for hydroxylation is 1. The van der Waals surface area contributed by atoms with E-state index in [9.17, 15) is 0 Å². The van der Waals surface area contributed by atoms with Crippen molar-refractivity contribution < 1.29 is 0 Å². The first-order valence-electron chi connectivity index (χ1n) is 10.2. The van der Waals surface area contributed by atoms with E-state index in [4.69, 9.17) is 4.98 Å². The highest BCUT2D eigenvalue weighted by atomic mass is 32.1. The number of nitrogens with zero attached hydrogens (tertiary/aromatic N) is 1. The van der Waals surface area contributed by atoms with Crippen LogP contribution in [0.5, 0.6) is 0 Å². The van der Waals surface area contributed by atoms with Crippen molar-refractivity contribution in [3.63, 3.8) is 0 Å². The number of hydrogen-bond donors (Lipinski definition) is 0. The Morgan fingerprint density at radius 3 is 2.36 bits per heavy atom. The van der Waals surface area contributed by atoms with E-state index in [1.807, 2.05) is 17.5 Å². The second-order valence-corrected chi connectivity index (χ2v) is 10.6.